The first-order chi connectivity index (χ1) is 9.67. The molecule has 3 aliphatic carbocycles. The standard InChI is InChI=1S/C16H24N4/c1-8(2)16-19-11(17-3)7-12(20-16)18-15-13-9-4-5-10(6-9)14(13)15/h7-10,13-15H,4-6H2,1-3H3,(H2,17,18,19,20). The van der Waals surface area contributed by atoms with Gasteiger partial charge in [0.15, 0.2) is 0 Å². The zero-order valence-corrected chi connectivity index (χ0v) is 12.6. The quantitative estimate of drug-likeness (QED) is 0.884. The Morgan fingerprint density at radius 1 is 1.10 bits per heavy atom. The van der Waals surface area contributed by atoms with Crippen LogP contribution in [0.5, 0.6) is 0 Å². The number of hydrogen-bond donors (Lipinski definition) is 2. The van der Waals surface area contributed by atoms with Gasteiger partial charge in [0.2, 0.25) is 0 Å². The van der Waals surface area contributed by atoms with E-state index in [-0.39, 0.29) is 0 Å². The molecular formula is C16H24N4. The Kier molecular flexibility index (Phi) is 2.69. The highest BCUT2D eigenvalue weighted by Crippen LogP contribution is 2.66. The third kappa shape index (κ3) is 1.80. The summed E-state index contributed by atoms with van der Waals surface area (Å²) in [5.41, 5.74) is 0. The van der Waals surface area contributed by atoms with E-state index in [0.29, 0.717) is 12.0 Å². The Hall–Kier alpha value is -1.32. The second kappa shape index (κ2) is 4.34. The number of hydrogen-bond acceptors (Lipinski definition) is 4. The van der Waals surface area contributed by atoms with E-state index in [2.05, 4.69) is 29.5 Å². The molecule has 0 amide bonds. The zero-order chi connectivity index (χ0) is 13.9. The molecule has 0 saturated heterocycles. The summed E-state index contributed by atoms with van der Waals surface area (Å²) in [7, 11) is 1.92. The highest BCUT2D eigenvalue weighted by molar-refractivity contribution is 5.49. The van der Waals surface area contributed by atoms with Crippen molar-refractivity contribution in [3.05, 3.63) is 11.9 Å². The van der Waals surface area contributed by atoms with E-state index in [1.54, 1.807) is 0 Å². The van der Waals surface area contributed by atoms with Gasteiger partial charge in [-0.25, -0.2) is 9.97 Å². The Morgan fingerprint density at radius 3 is 2.35 bits per heavy atom. The fourth-order valence-corrected chi connectivity index (χ4v) is 4.62. The molecule has 3 saturated carbocycles. The molecule has 4 heteroatoms. The zero-order valence-electron chi connectivity index (χ0n) is 12.6. The number of nitrogens with one attached hydrogen (secondary N) is 2. The van der Waals surface area contributed by atoms with Crippen molar-refractivity contribution < 1.29 is 0 Å². The van der Waals surface area contributed by atoms with Crippen LogP contribution in [0.1, 0.15) is 44.9 Å². The SMILES string of the molecule is CNc1cc(NC2C3C4CCC(C4)C23)nc(C(C)C)n1. The molecule has 1 heterocycles. The summed E-state index contributed by atoms with van der Waals surface area (Å²) < 4.78 is 0. The fraction of sp³-hybridized carbons (Fsp3) is 0.750. The van der Waals surface area contributed by atoms with Crippen molar-refractivity contribution in [2.45, 2.75) is 45.1 Å². The van der Waals surface area contributed by atoms with Gasteiger partial charge >= 0.3 is 0 Å². The van der Waals surface area contributed by atoms with Gasteiger partial charge in [-0.05, 0) is 42.9 Å². The van der Waals surface area contributed by atoms with E-state index in [1.165, 1.54) is 19.3 Å². The van der Waals surface area contributed by atoms with Crippen LogP contribution in [-0.2, 0) is 0 Å². The van der Waals surface area contributed by atoms with E-state index in [4.69, 9.17) is 4.98 Å². The summed E-state index contributed by atoms with van der Waals surface area (Å²) in [6.07, 6.45) is 4.43. The maximum absolute atomic E-state index is 4.70. The van der Waals surface area contributed by atoms with Gasteiger partial charge in [0.1, 0.15) is 17.5 Å². The van der Waals surface area contributed by atoms with Gasteiger partial charge in [0, 0.05) is 25.1 Å². The van der Waals surface area contributed by atoms with Gasteiger partial charge in [0.25, 0.3) is 0 Å². The van der Waals surface area contributed by atoms with Gasteiger partial charge in [-0.15, -0.1) is 0 Å². The number of nitrogens with zero attached hydrogens (tertiary/aromatic N) is 2. The van der Waals surface area contributed by atoms with Gasteiger partial charge in [-0.2, -0.15) is 0 Å². The third-order valence-corrected chi connectivity index (χ3v) is 5.57. The lowest BCUT2D eigenvalue weighted by molar-refractivity contribution is 0.456. The average molecular weight is 272 g/mol. The fourth-order valence-electron chi connectivity index (χ4n) is 4.62. The number of fused-ring (bicyclic) bond motifs is 5. The molecule has 108 valence electrons. The highest BCUT2D eigenvalue weighted by Gasteiger charge is 2.65. The van der Waals surface area contributed by atoms with Crippen molar-refractivity contribution >= 4 is 11.6 Å². The molecule has 4 nitrogen and oxygen atoms in total. The Balaban J connectivity index is 1.53. The summed E-state index contributed by atoms with van der Waals surface area (Å²) >= 11 is 0. The average Bonchev–Trinajstić information content (AvgIpc) is 2.85. The van der Waals surface area contributed by atoms with E-state index < -0.39 is 0 Å². The minimum atomic E-state index is 0.360. The third-order valence-electron chi connectivity index (χ3n) is 5.57. The molecule has 0 aliphatic heterocycles. The molecule has 3 aliphatic rings. The van der Waals surface area contributed by atoms with Crippen molar-refractivity contribution in [2.24, 2.45) is 23.7 Å². The smallest absolute Gasteiger partial charge is 0.135 e. The Labute approximate surface area is 120 Å². The lowest BCUT2D eigenvalue weighted by Crippen LogP contribution is -2.15. The van der Waals surface area contributed by atoms with Crippen molar-refractivity contribution in [3.63, 3.8) is 0 Å². The number of aromatic nitrogens is 2. The minimum Gasteiger partial charge on any atom is -0.373 e. The molecule has 1 aromatic heterocycles. The molecule has 2 N–H and O–H groups in total. The summed E-state index contributed by atoms with van der Waals surface area (Å²) in [5, 5.41) is 6.84. The van der Waals surface area contributed by atoms with Crippen LogP contribution in [0.4, 0.5) is 11.6 Å². The second-order valence-corrected chi connectivity index (χ2v) is 7.06. The lowest BCUT2D eigenvalue weighted by atomic mass is 10.0. The van der Waals surface area contributed by atoms with E-state index >= 15 is 0 Å². The normalized spacial score (nSPS) is 37.1. The predicted octanol–water partition coefficient (Wildman–Crippen LogP) is 3.10. The Bertz CT molecular complexity index is 511. The van der Waals surface area contributed by atoms with Crippen LogP contribution in [-0.4, -0.2) is 23.1 Å². The molecule has 4 atom stereocenters. The van der Waals surface area contributed by atoms with Crippen LogP contribution >= 0.6 is 0 Å². The monoisotopic (exact) mass is 272 g/mol. The Morgan fingerprint density at radius 2 is 1.75 bits per heavy atom. The van der Waals surface area contributed by atoms with Gasteiger partial charge in [-0.3, -0.25) is 0 Å². The molecule has 0 radical (unpaired) electrons. The van der Waals surface area contributed by atoms with Crippen molar-refractivity contribution in [2.75, 3.05) is 17.7 Å². The molecule has 20 heavy (non-hydrogen) atoms. The lowest BCUT2D eigenvalue weighted by Gasteiger charge is -2.14. The van der Waals surface area contributed by atoms with Crippen molar-refractivity contribution in [3.8, 4) is 0 Å². The molecule has 4 rings (SSSR count). The maximum Gasteiger partial charge on any atom is 0.135 e. The first-order valence-corrected chi connectivity index (χ1v) is 8.00. The van der Waals surface area contributed by atoms with E-state index in [9.17, 15) is 0 Å². The van der Waals surface area contributed by atoms with Crippen molar-refractivity contribution in [1.82, 2.24) is 9.97 Å². The molecule has 4 unspecified atom stereocenters. The topological polar surface area (TPSA) is 49.8 Å². The second-order valence-electron chi connectivity index (χ2n) is 7.06. The van der Waals surface area contributed by atoms with Crippen molar-refractivity contribution in [1.29, 1.82) is 0 Å². The van der Waals surface area contributed by atoms with E-state index in [0.717, 1.165) is 41.1 Å². The van der Waals surface area contributed by atoms with E-state index in [1.807, 2.05) is 13.1 Å². The van der Waals surface area contributed by atoms with Crippen LogP contribution in [0.3, 0.4) is 0 Å². The van der Waals surface area contributed by atoms with Gasteiger partial charge < -0.3 is 10.6 Å². The van der Waals surface area contributed by atoms with Gasteiger partial charge in [-0.1, -0.05) is 13.8 Å². The largest absolute Gasteiger partial charge is 0.373 e. The number of rotatable bonds is 4. The molecule has 3 fully saturated rings. The van der Waals surface area contributed by atoms with Crippen LogP contribution in [0.25, 0.3) is 0 Å². The first kappa shape index (κ1) is 12.4. The predicted molar refractivity (Wildman–Crippen MR) is 80.9 cm³/mol. The summed E-state index contributed by atoms with van der Waals surface area (Å²) in [6.45, 7) is 4.29. The van der Waals surface area contributed by atoms with Crippen LogP contribution < -0.4 is 10.6 Å². The number of anilines is 2. The minimum absolute atomic E-state index is 0.360. The van der Waals surface area contributed by atoms with Crippen LogP contribution in [0.15, 0.2) is 6.07 Å². The molecule has 2 bridgehead atoms. The first-order valence-electron chi connectivity index (χ1n) is 8.00. The molecule has 1 aromatic rings. The molecular weight excluding hydrogens is 248 g/mol. The summed E-state index contributed by atoms with van der Waals surface area (Å²) in [4.78, 5) is 9.23. The van der Waals surface area contributed by atoms with Crippen LogP contribution in [0.2, 0.25) is 0 Å². The summed E-state index contributed by atoms with van der Waals surface area (Å²) in [6, 6.07) is 2.72. The molecule has 0 aromatic carbocycles. The van der Waals surface area contributed by atoms with Gasteiger partial charge in [0.05, 0.1) is 0 Å². The summed E-state index contributed by atoms with van der Waals surface area (Å²) in [5.74, 6) is 7.07. The maximum atomic E-state index is 4.70. The molecule has 0 spiro atoms. The highest BCUT2D eigenvalue weighted by atomic mass is 15.1. The van der Waals surface area contributed by atoms with Crippen LogP contribution in [0, 0.1) is 23.7 Å².